The predicted molar refractivity (Wildman–Crippen MR) is 137 cm³/mol. The predicted octanol–water partition coefficient (Wildman–Crippen LogP) is 6.32. The van der Waals surface area contributed by atoms with Crippen molar-refractivity contribution in [3.05, 3.63) is 92.4 Å². The van der Waals surface area contributed by atoms with Crippen LogP contribution < -0.4 is 14.8 Å². The molecule has 9 heteroatoms. The number of nitriles is 1. The van der Waals surface area contributed by atoms with Gasteiger partial charge in [0.2, 0.25) is 0 Å². The summed E-state index contributed by atoms with van der Waals surface area (Å²) in [6.45, 7) is 2.58. The van der Waals surface area contributed by atoms with Crippen molar-refractivity contribution in [3.63, 3.8) is 0 Å². The van der Waals surface area contributed by atoms with E-state index in [1.807, 2.05) is 13.0 Å². The molecule has 3 rings (SSSR count). The van der Waals surface area contributed by atoms with E-state index in [9.17, 15) is 14.9 Å². The fourth-order valence-corrected chi connectivity index (χ4v) is 4.00. The van der Waals surface area contributed by atoms with Crippen LogP contribution in [0.25, 0.3) is 6.08 Å². The molecule has 0 heterocycles. The molecule has 0 atom stereocenters. The molecule has 3 aromatic rings. The Hall–Kier alpha value is -3.80. The zero-order valence-electron chi connectivity index (χ0n) is 18.5. The van der Waals surface area contributed by atoms with Gasteiger partial charge in [-0.3, -0.25) is 4.79 Å². The Labute approximate surface area is 215 Å². The van der Waals surface area contributed by atoms with Crippen molar-refractivity contribution >= 4 is 51.2 Å². The van der Waals surface area contributed by atoms with Gasteiger partial charge in [-0.2, -0.15) is 5.26 Å². The quantitative estimate of drug-likeness (QED) is 0.236. The first-order chi connectivity index (χ1) is 16.8. The third kappa shape index (κ3) is 7.09. The minimum absolute atomic E-state index is 0.103. The van der Waals surface area contributed by atoms with Crippen LogP contribution in [-0.4, -0.2) is 23.6 Å². The summed E-state index contributed by atoms with van der Waals surface area (Å²) in [6.07, 6.45) is 1.43. The number of carboxylic acid groups (broad SMARTS) is 1. The number of anilines is 1. The summed E-state index contributed by atoms with van der Waals surface area (Å²) in [5.74, 6) is -0.505. The molecule has 0 radical (unpaired) electrons. The summed E-state index contributed by atoms with van der Waals surface area (Å²) in [6, 6.07) is 18.3. The summed E-state index contributed by atoms with van der Waals surface area (Å²) in [5.41, 5.74) is 1.90. The fraction of sp³-hybridized carbons (Fsp3) is 0.115. The first-order valence-electron chi connectivity index (χ1n) is 10.4. The van der Waals surface area contributed by atoms with Crippen molar-refractivity contribution in [1.29, 1.82) is 5.26 Å². The van der Waals surface area contributed by atoms with Crippen molar-refractivity contribution < 1.29 is 24.2 Å². The second-order valence-corrected chi connectivity index (χ2v) is 8.45. The van der Waals surface area contributed by atoms with Gasteiger partial charge in [-0.25, -0.2) is 4.79 Å². The highest BCUT2D eigenvalue weighted by Crippen LogP contribution is 2.35. The number of aromatic carboxylic acids is 1. The highest BCUT2D eigenvalue weighted by atomic mass is 79.9. The zero-order chi connectivity index (χ0) is 25.4. The molecule has 7 nitrogen and oxygen atoms in total. The summed E-state index contributed by atoms with van der Waals surface area (Å²) in [5, 5.41) is 21.4. The van der Waals surface area contributed by atoms with E-state index in [2.05, 4.69) is 21.2 Å². The first kappa shape index (κ1) is 25.8. The van der Waals surface area contributed by atoms with Crippen molar-refractivity contribution in [1.82, 2.24) is 0 Å². The second-order valence-electron chi connectivity index (χ2n) is 7.19. The second kappa shape index (κ2) is 12.1. The number of nitrogens with zero attached hydrogens (tertiary/aromatic N) is 1. The molecule has 0 aliphatic rings. The van der Waals surface area contributed by atoms with Crippen LogP contribution in [0.5, 0.6) is 11.5 Å². The van der Waals surface area contributed by atoms with E-state index in [1.165, 1.54) is 18.2 Å². The number of hydrogen-bond donors (Lipinski definition) is 2. The van der Waals surface area contributed by atoms with Crippen molar-refractivity contribution in [2.75, 3.05) is 11.9 Å². The molecule has 0 spiro atoms. The molecule has 0 aliphatic carbocycles. The molecule has 0 saturated heterocycles. The number of benzene rings is 3. The maximum Gasteiger partial charge on any atom is 0.335 e. The van der Waals surface area contributed by atoms with Crippen LogP contribution in [0.3, 0.4) is 0 Å². The Morgan fingerprint density at radius 1 is 1.11 bits per heavy atom. The molecule has 0 aromatic heterocycles. The number of rotatable bonds is 9. The molecule has 0 bridgehead atoms. The number of carbonyl (C=O) groups excluding carboxylic acids is 1. The van der Waals surface area contributed by atoms with Crippen molar-refractivity contribution in [3.8, 4) is 17.6 Å². The highest BCUT2D eigenvalue weighted by molar-refractivity contribution is 9.10. The topological polar surface area (TPSA) is 109 Å². The van der Waals surface area contributed by atoms with Crippen molar-refractivity contribution in [2.24, 2.45) is 0 Å². The third-order valence-electron chi connectivity index (χ3n) is 4.70. The minimum atomic E-state index is -1.00. The summed E-state index contributed by atoms with van der Waals surface area (Å²) >= 11 is 9.80. The van der Waals surface area contributed by atoms with Gasteiger partial charge in [0.1, 0.15) is 24.0 Å². The van der Waals surface area contributed by atoms with Crippen LogP contribution in [0.2, 0.25) is 5.02 Å². The van der Waals surface area contributed by atoms with Crippen molar-refractivity contribution in [2.45, 2.75) is 13.5 Å². The normalized spacial score (nSPS) is 10.9. The van der Waals surface area contributed by atoms with E-state index in [0.29, 0.717) is 33.8 Å². The molecular weight excluding hydrogens is 536 g/mol. The van der Waals surface area contributed by atoms with Gasteiger partial charge in [-0.05, 0) is 88.6 Å². The maximum absolute atomic E-state index is 12.6. The Morgan fingerprint density at radius 2 is 1.80 bits per heavy atom. The van der Waals surface area contributed by atoms with Gasteiger partial charge in [0.15, 0.2) is 5.75 Å². The third-order valence-corrected chi connectivity index (χ3v) is 5.57. The van der Waals surface area contributed by atoms with Gasteiger partial charge in [-0.1, -0.05) is 23.7 Å². The maximum atomic E-state index is 12.6. The molecular formula is C26H20BrClN2O5. The van der Waals surface area contributed by atoms with Gasteiger partial charge in [-0.15, -0.1) is 0 Å². The Balaban J connectivity index is 1.71. The Bertz CT molecular complexity index is 1280. The highest BCUT2D eigenvalue weighted by Gasteiger charge is 2.13. The SMILES string of the molecule is CCOc1ccc(NC(=O)/C(C#N)=C\c2cc(Cl)c(OCc3ccc(C(=O)O)cc3)c(Br)c2)cc1. The van der Waals surface area contributed by atoms with E-state index in [-0.39, 0.29) is 22.8 Å². The van der Waals surface area contributed by atoms with E-state index in [4.69, 9.17) is 26.2 Å². The number of carbonyl (C=O) groups is 2. The Morgan fingerprint density at radius 3 is 2.37 bits per heavy atom. The molecule has 0 aliphatic heterocycles. The number of halogens is 2. The van der Waals surface area contributed by atoms with Gasteiger partial charge < -0.3 is 19.9 Å². The van der Waals surface area contributed by atoms with Crippen LogP contribution in [0, 0.1) is 11.3 Å². The summed E-state index contributed by atoms with van der Waals surface area (Å²) in [7, 11) is 0. The monoisotopic (exact) mass is 554 g/mol. The van der Waals surface area contributed by atoms with Gasteiger partial charge >= 0.3 is 5.97 Å². The Kier molecular flexibility index (Phi) is 8.90. The number of amides is 1. The van der Waals surface area contributed by atoms with Crippen LogP contribution in [-0.2, 0) is 11.4 Å². The minimum Gasteiger partial charge on any atom is -0.494 e. The number of ether oxygens (including phenoxy) is 2. The number of carboxylic acids is 1. The standard InChI is InChI=1S/C26H20BrClN2O5/c1-2-34-21-9-7-20(8-10-21)30-25(31)19(14-29)11-17-12-22(27)24(23(28)13-17)35-15-16-3-5-18(6-4-16)26(32)33/h3-13H,2,15H2,1H3,(H,30,31)(H,32,33)/b19-11-. The smallest absolute Gasteiger partial charge is 0.335 e. The number of nitrogens with one attached hydrogen (secondary N) is 1. The lowest BCUT2D eigenvalue weighted by Crippen LogP contribution is -2.13. The average molecular weight is 556 g/mol. The van der Waals surface area contributed by atoms with Gasteiger partial charge in [0.05, 0.1) is 21.7 Å². The van der Waals surface area contributed by atoms with Crippen LogP contribution in [0.4, 0.5) is 5.69 Å². The van der Waals surface area contributed by atoms with E-state index < -0.39 is 11.9 Å². The molecule has 0 unspecified atom stereocenters. The van der Waals surface area contributed by atoms with Gasteiger partial charge in [0.25, 0.3) is 5.91 Å². The van der Waals surface area contributed by atoms with E-state index in [1.54, 1.807) is 48.5 Å². The fourth-order valence-electron chi connectivity index (χ4n) is 3.01. The van der Waals surface area contributed by atoms with E-state index >= 15 is 0 Å². The lowest BCUT2D eigenvalue weighted by atomic mass is 10.1. The summed E-state index contributed by atoms with van der Waals surface area (Å²) < 4.78 is 11.7. The molecule has 2 N–H and O–H groups in total. The first-order valence-corrected chi connectivity index (χ1v) is 11.6. The van der Waals surface area contributed by atoms with Crippen LogP contribution >= 0.6 is 27.5 Å². The van der Waals surface area contributed by atoms with E-state index in [0.717, 1.165) is 5.56 Å². The molecule has 35 heavy (non-hydrogen) atoms. The molecule has 3 aromatic carbocycles. The molecule has 0 fully saturated rings. The summed E-state index contributed by atoms with van der Waals surface area (Å²) in [4.78, 5) is 23.6. The van der Waals surface area contributed by atoms with Crippen LogP contribution in [0.1, 0.15) is 28.4 Å². The lowest BCUT2D eigenvalue weighted by molar-refractivity contribution is -0.112. The number of hydrogen-bond acceptors (Lipinski definition) is 5. The van der Waals surface area contributed by atoms with Gasteiger partial charge in [0, 0.05) is 5.69 Å². The molecule has 178 valence electrons. The zero-order valence-corrected chi connectivity index (χ0v) is 20.9. The van der Waals surface area contributed by atoms with Crippen LogP contribution in [0.15, 0.2) is 70.7 Å². The largest absolute Gasteiger partial charge is 0.494 e. The molecule has 0 saturated carbocycles. The molecule has 1 amide bonds. The lowest BCUT2D eigenvalue weighted by Gasteiger charge is -2.12. The average Bonchev–Trinajstić information content (AvgIpc) is 2.83.